The highest BCUT2D eigenvalue weighted by Crippen LogP contribution is 2.07. The molecule has 0 spiro atoms. The molecule has 0 aliphatic rings. The van der Waals surface area contributed by atoms with E-state index < -0.39 is 0 Å². The summed E-state index contributed by atoms with van der Waals surface area (Å²) in [5.74, 6) is 0.770. The zero-order valence-corrected chi connectivity index (χ0v) is 9.57. The highest BCUT2D eigenvalue weighted by atomic mass is 16.2. The van der Waals surface area contributed by atoms with E-state index in [0.717, 1.165) is 18.7 Å². The molecule has 0 unspecified atom stereocenters. The molecule has 16 heavy (non-hydrogen) atoms. The van der Waals surface area contributed by atoms with Crippen molar-refractivity contribution in [1.82, 2.24) is 19.3 Å². The molecule has 0 fully saturated rings. The Morgan fingerprint density at radius 1 is 1.31 bits per heavy atom. The van der Waals surface area contributed by atoms with Crippen molar-refractivity contribution in [3.05, 3.63) is 26.5 Å². The summed E-state index contributed by atoms with van der Waals surface area (Å²) in [6, 6.07) is 0. The molecule has 0 aromatic carbocycles. The van der Waals surface area contributed by atoms with Crippen molar-refractivity contribution in [3.63, 3.8) is 0 Å². The molecule has 0 bridgehead atoms. The number of imidazole rings is 1. The largest absolute Gasteiger partial charge is 0.326 e. The van der Waals surface area contributed by atoms with Gasteiger partial charge in [0, 0.05) is 20.5 Å². The van der Waals surface area contributed by atoms with Crippen molar-refractivity contribution in [2.45, 2.75) is 19.8 Å². The van der Waals surface area contributed by atoms with Crippen molar-refractivity contribution >= 4 is 11.0 Å². The summed E-state index contributed by atoms with van der Waals surface area (Å²) >= 11 is 0. The van der Waals surface area contributed by atoms with Gasteiger partial charge in [-0.05, 0) is 6.42 Å². The van der Waals surface area contributed by atoms with Crippen LogP contribution in [0.1, 0.15) is 19.2 Å². The number of fused-ring (bicyclic) bond motifs is 1. The van der Waals surface area contributed by atoms with E-state index in [-0.39, 0.29) is 16.6 Å². The minimum atomic E-state index is -0.324. The van der Waals surface area contributed by atoms with Gasteiger partial charge in [-0.15, -0.1) is 0 Å². The maximum atomic E-state index is 11.9. The van der Waals surface area contributed by atoms with Gasteiger partial charge in [-0.3, -0.25) is 19.4 Å². The number of hydrogen-bond donors (Lipinski definition) is 1. The number of rotatable bonds is 2. The lowest BCUT2D eigenvalue weighted by atomic mass is 10.3. The van der Waals surface area contributed by atoms with Crippen LogP contribution >= 0.6 is 0 Å². The van der Waals surface area contributed by atoms with Crippen molar-refractivity contribution in [2.75, 3.05) is 0 Å². The van der Waals surface area contributed by atoms with Crippen LogP contribution in [-0.4, -0.2) is 19.3 Å². The predicted molar refractivity (Wildman–Crippen MR) is 60.6 cm³/mol. The molecule has 6 heteroatoms. The van der Waals surface area contributed by atoms with Gasteiger partial charge in [-0.2, -0.15) is 0 Å². The minimum absolute atomic E-state index is 0.230. The number of H-pyrrole nitrogens is 1. The molecule has 2 heterocycles. The van der Waals surface area contributed by atoms with Gasteiger partial charge in [0.2, 0.25) is 0 Å². The van der Waals surface area contributed by atoms with Gasteiger partial charge < -0.3 is 4.57 Å². The second-order valence-electron chi connectivity index (χ2n) is 3.84. The summed E-state index contributed by atoms with van der Waals surface area (Å²) in [5.41, 5.74) is 0.0470. The molecule has 0 saturated carbocycles. The van der Waals surface area contributed by atoms with Gasteiger partial charge in [-0.1, -0.05) is 6.92 Å². The van der Waals surface area contributed by atoms with E-state index in [1.807, 2.05) is 6.92 Å². The van der Waals surface area contributed by atoms with Crippen LogP contribution < -0.4 is 11.1 Å². The Hall–Kier alpha value is -1.85. The highest BCUT2D eigenvalue weighted by molar-refractivity contribution is 5.73. The number of hydrogen-bond acceptors (Lipinski definition) is 3. The quantitative estimate of drug-likeness (QED) is 0.772. The maximum absolute atomic E-state index is 11.9. The third-order valence-corrected chi connectivity index (χ3v) is 2.65. The van der Waals surface area contributed by atoms with E-state index in [9.17, 15) is 9.59 Å². The fraction of sp³-hybridized carbons (Fsp3) is 0.500. The number of aromatic nitrogens is 4. The van der Waals surface area contributed by atoms with Crippen molar-refractivity contribution in [2.24, 2.45) is 14.1 Å². The Balaban J connectivity index is 2.92. The van der Waals surface area contributed by atoms with Gasteiger partial charge in [0.15, 0.2) is 5.52 Å². The molecule has 0 saturated heterocycles. The average molecular weight is 222 g/mol. The standard InChI is InChI=1S/C10H14N4O2/c1-4-5-6-11-7-8(13(6)2)10(16)14(3)12-9(7)15/h4-5H2,1-3H3,(H,12,15). The first kappa shape index (κ1) is 10.7. The Bertz CT molecular complexity index is 647. The van der Waals surface area contributed by atoms with Crippen LogP contribution in [0.4, 0.5) is 0 Å². The normalized spacial score (nSPS) is 11.2. The Kier molecular flexibility index (Phi) is 2.41. The lowest BCUT2D eigenvalue weighted by Gasteiger charge is -2.00. The molecule has 86 valence electrons. The topological polar surface area (TPSA) is 72.7 Å². The average Bonchev–Trinajstić information content (AvgIpc) is 2.55. The number of aromatic amines is 1. The minimum Gasteiger partial charge on any atom is -0.326 e. The molecular formula is C10H14N4O2. The van der Waals surface area contributed by atoms with Gasteiger partial charge in [-0.25, -0.2) is 4.98 Å². The Labute approximate surface area is 91.5 Å². The molecule has 0 radical (unpaired) electrons. The monoisotopic (exact) mass is 222 g/mol. The molecular weight excluding hydrogens is 208 g/mol. The highest BCUT2D eigenvalue weighted by Gasteiger charge is 2.14. The van der Waals surface area contributed by atoms with Gasteiger partial charge in [0.1, 0.15) is 11.3 Å². The summed E-state index contributed by atoms with van der Waals surface area (Å²) in [6.45, 7) is 2.03. The van der Waals surface area contributed by atoms with Crippen LogP contribution in [0.3, 0.4) is 0 Å². The van der Waals surface area contributed by atoms with E-state index in [1.165, 1.54) is 11.7 Å². The lowest BCUT2D eigenvalue weighted by molar-refractivity contribution is 0.696. The van der Waals surface area contributed by atoms with E-state index in [0.29, 0.717) is 5.52 Å². The first-order valence-electron chi connectivity index (χ1n) is 5.20. The predicted octanol–water partition coefficient (Wildman–Crippen LogP) is -0.0872. The van der Waals surface area contributed by atoms with Crippen LogP contribution in [0.15, 0.2) is 9.59 Å². The molecule has 2 rings (SSSR count). The van der Waals surface area contributed by atoms with Gasteiger partial charge >= 0.3 is 0 Å². The van der Waals surface area contributed by atoms with Crippen LogP contribution in [0.2, 0.25) is 0 Å². The summed E-state index contributed by atoms with van der Waals surface area (Å²) in [5, 5.41) is 2.44. The third kappa shape index (κ3) is 1.37. The summed E-state index contributed by atoms with van der Waals surface area (Å²) in [6.07, 6.45) is 1.68. The summed E-state index contributed by atoms with van der Waals surface area (Å²) < 4.78 is 2.89. The van der Waals surface area contributed by atoms with Crippen molar-refractivity contribution < 1.29 is 0 Å². The first-order chi connectivity index (χ1) is 7.56. The van der Waals surface area contributed by atoms with Crippen LogP contribution in [-0.2, 0) is 20.5 Å². The number of nitrogens with zero attached hydrogens (tertiary/aromatic N) is 3. The zero-order valence-electron chi connectivity index (χ0n) is 9.57. The second kappa shape index (κ2) is 3.62. The molecule has 2 aromatic rings. The zero-order chi connectivity index (χ0) is 11.9. The molecule has 0 aliphatic heterocycles. The number of nitrogens with one attached hydrogen (secondary N) is 1. The molecule has 0 atom stereocenters. The molecule has 1 N–H and O–H groups in total. The molecule has 6 nitrogen and oxygen atoms in total. The van der Waals surface area contributed by atoms with Gasteiger partial charge in [0.05, 0.1) is 0 Å². The van der Waals surface area contributed by atoms with Crippen LogP contribution in [0, 0.1) is 0 Å². The second-order valence-corrected chi connectivity index (χ2v) is 3.84. The van der Waals surface area contributed by atoms with E-state index in [2.05, 4.69) is 10.1 Å². The molecule has 2 aromatic heterocycles. The van der Waals surface area contributed by atoms with Crippen LogP contribution in [0.5, 0.6) is 0 Å². The summed E-state index contributed by atoms with van der Waals surface area (Å²) in [7, 11) is 3.29. The first-order valence-corrected chi connectivity index (χ1v) is 5.20. The van der Waals surface area contributed by atoms with E-state index in [4.69, 9.17) is 0 Å². The van der Waals surface area contributed by atoms with Gasteiger partial charge in [0.25, 0.3) is 11.1 Å². The van der Waals surface area contributed by atoms with E-state index in [1.54, 1.807) is 11.6 Å². The maximum Gasteiger partial charge on any atom is 0.291 e. The smallest absolute Gasteiger partial charge is 0.291 e. The Morgan fingerprint density at radius 3 is 2.62 bits per heavy atom. The number of aryl methyl sites for hydroxylation is 3. The molecule has 0 amide bonds. The fourth-order valence-corrected chi connectivity index (χ4v) is 1.81. The van der Waals surface area contributed by atoms with Crippen molar-refractivity contribution in [1.29, 1.82) is 0 Å². The SMILES string of the molecule is CCCc1nc2c(=O)[nH]n(C)c(=O)c2n1C. The lowest BCUT2D eigenvalue weighted by Crippen LogP contribution is -2.28. The summed E-state index contributed by atoms with van der Waals surface area (Å²) in [4.78, 5) is 27.7. The van der Waals surface area contributed by atoms with E-state index >= 15 is 0 Å². The fourth-order valence-electron chi connectivity index (χ4n) is 1.81. The van der Waals surface area contributed by atoms with Crippen LogP contribution in [0.25, 0.3) is 11.0 Å². The van der Waals surface area contributed by atoms with Crippen molar-refractivity contribution in [3.8, 4) is 0 Å². The Morgan fingerprint density at radius 2 is 2.00 bits per heavy atom. The third-order valence-electron chi connectivity index (χ3n) is 2.65. The molecule has 0 aliphatic carbocycles.